The van der Waals surface area contributed by atoms with Crippen LogP contribution in [0.25, 0.3) is 5.69 Å². The Morgan fingerprint density at radius 3 is 2.15 bits per heavy atom. The van der Waals surface area contributed by atoms with Crippen LogP contribution < -0.4 is 11.2 Å². The molecule has 0 saturated heterocycles. The van der Waals surface area contributed by atoms with Crippen molar-refractivity contribution in [2.75, 3.05) is 0 Å². The van der Waals surface area contributed by atoms with E-state index in [1.165, 1.54) is 18.2 Å². The first-order valence-electron chi connectivity index (χ1n) is 7.15. The Labute approximate surface area is 163 Å². The quantitative estimate of drug-likeness (QED) is 0.699. The maximum Gasteiger partial charge on any atom is 0.349 e. The number of rotatable bonds is 2. The van der Waals surface area contributed by atoms with E-state index < -0.39 is 11.2 Å². The number of benzene rings is 2. The first-order valence-corrected chi connectivity index (χ1v) is 8.29. The fourth-order valence-electron chi connectivity index (χ4n) is 1.89. The van der Waals surface area contributed by atoms with Crippen molar-refractivity contribution in [2.24, 2.45) is 0 Å². The van der Waals surface area contributed by atoms with Crippen molar-refractivity contribution in [3.63, 3.8) is 0 Å². The molecule has 6 nitrogen and oxygen atoms in total. The largest absolute Gasteiger partial charge is 0.349 e. The van der Waals surface area contributed by atoms with Gasteiger partial charge in [-0.15, -0.1) is 0 Å². The molecule has 0 atom stereocenters. The van der Waals surface area contributed by atoms with Gasteiger partial charge in [-0.25, -0.2) is 4.79 Å². The SMILES string of the molecule is N#CCc1ccc(Cl)cc1.O=c1cnn(-c2cc(Cl)cc(Cl)c2)c(=O)[nH]1. The molecule has 0 bridgehead atoms. The van der Waals surface area contributed by atoms with Gasteiger partial charge in [0, 0.05) is 15.1 Å². The molecule has 0 aliphatic rings. The molecule has 3 aromatic rings. The highest BCUT2D eigenvalue weighted by Crippen LogP contribution is 2.20. The molecule has 1 N–H and O–H groups in total. The third-order valence-corrected chi connectivity index (χ3v) is 3.69. The summed E-state index contributed by atoms with van der Waals surface area (Å²) in [6, 6.07) is 13.9. The van der Waals surface area contributed by atoms with Crippen LogP contribution in [0.3, 0.4) is 0 Å². The van der Waals surface area contributed by atoms with E-state index in [1.54, 1.807) is 12.1 Å². The number of nitrogens with zero attached hydrogens (tertiary/aromatic N) is 3. The summed E-state index contributed by atoms with van der Waals surface area (Å²) in [4.78, 5) is 24.3. The first kappa shape index (κ1) is 19.7. The second kappa shape index (κ2) is 9.20. The Morgan fingerprint density at radius 1 is 1.00 bits per heavy atom. The van der Waals surface area contributed by atoms with Crippen LogP contribution in [-0.4, -0.2) is 14.8 Å². The number of hydrogen-bond donors (Lipinski definition) is 1. The Kier molecular flexibility index (Phi) is 6.98. The molecule has 0 radical (unpaired) electrons. The molecule has 0 aliphatic carbocycles. The van der Waals surface area contributed by atoms with Gasteiger partial charge in [0.15, 0.2) is 0 Å². The highest BCUT2D eigenvalue weighted by Gasteiger charge is 2.04. The minimum Gasteiger partial charge on any atom is -0.271 e. The molecule has 9 heteroatoms. The van der Waals surface area contributed by atoms with Crippen molar-refractivity contribution in [3.8, 4) is 11.8 Å². The van der Waals surface area contributed by atoms with E-state index in [9.17, 15) is 9.59 Å². The number of hydrogen-bond acceptors (Lipinski definition) is 4. The van der Waals surface area contributed by atoms with Gasteiger partial charge in [0.05, 0.1) is 18.2 Å². The number of halogens is 3. The van der Waals surface area contributed by atoms with Gasteiger partial charge in [-0.3, -0.25) is 9.78 Å². The molecule has 26 heavy (non-hydrogen) atoms. The summed E-state index contributed by atoms with van der Waals surface area (Å²) in [7, 11) is 0. The smallest absolute Gasteiger partial charge is 0.271 e. The molecule has 0 fully saturated rings. The minimum atomic E-state index is -0.647. The van der Waals surface area contributed by atoms with Crippen molar-refractivity contribution >= 4 is 34.8 Å². The second-order valence-electron chi connectivity index (χ2n) is 4.94. The zero-order valence-corrected chi connectivity index (χ0v) is 15.4. The Hall–Kier alpha value is -2.59. The van der Waals surface area contributed by atoms with Crippen LogP contribution in [0, 0.1) is 11.3 Å². The van der Waals surface area contributed by atoms with Crippen LogP contribution in [0.15, 0.2) is 58.3 Å². The molecule has 3 rings (SSSR count). The van der Waals surface area contributed by atoms with Crippen LogP contribution in [-0.2, 0) is 6.42 Å². The van der Waals surface area contributed by atoms with Crippen LogP contribution in [0.5, 0.6) is 0 Å². The van der Waals surface area contributed by atoms with Gasteiger partial charge >= 0.3 is 5.69 Å². The molecule has 0 spiro atoms. The normalized spacial score (nSPS) is 9.77. The molecule has 0 amide bonds. The standard InChI is InChI=1S/C9H5Cl2N3O2.C8H6ClN/c10-5-1-6(11)3-7(2-5)14-9(16)13-8(15)4-12-14;9-8-3-1-7(2-4-8)5-6-10/h1-4H,(H,13,15,16);1-4H,5H2. The van der Waals surface area contributed by atoms with Crippen molar-refractivity contribution in [2.45, 2.75) is 6.42 Å². The zero-order valence-electron chi connectivity index (χ0n) is 13.1. The predicted molar refractivity (Wildman–Crippen MR) is 101 cm³/mol. The summed E-state index contributed by atoms with van der Waals surface area (Å²) < 4.78 is 0.999. The first-order chi connectivity index (χ1) is 12.4. The highest BCUT2D eigenvalue weighted by atomic mass is 35.5. The number of aromatic nitrogens is 3. The van der Waals surface area contributed by atoms with Crippen molar-refractivity contribution < 1.29 is 0 Å². The molecular formula is C17H11Cl3N4O2. The van der Waals surface area contributed by atoms with E-state index in [-0.39, 0.29) is 0 Å². The molecule has 1 aromatic heterocycles. The highest BCUT2D eigenvalue weighted by molar-refractivity contribution is 6.34. The van der Waals surface area contributed by atoms with Crippen molar-refractivity contribution in [1.29, 1.82) is 5.26 Å². The fourth-order valence-corrected chi connectivity index (χ4v) is 2.53. The summed E-state index contributed by atoms with van der Waals surface area (Å²) in [5.74, 6) is 0. The molecule has 1 heterocycles. The lowest BCUT2D eigenvalue weighted by atomic mass is 10.2. The number of nitrogens with one attached hydrogen (secondary N) is 1. The van der Waals surface area contributed by atoms with Crippen LogP contribution in [0.2, 0.25) is 15.1 Å². The van der Waals surface area contributed by atoms with Gasteiger partial charge in [-0.2, -0.15) is 15.0 Å². The number of aromatic amines is 1. The zero-order chi connectivity index (χ0) is 19.1. The lowest BCUT2D eigenvalue weighted by molar-refractivity contribution is 0.750. The fraction of sp³-hybridized carbons (Fsp3) is 0.0588. The molecule has 2 aromatic carbocycles. The van der Waals surface area contributed by atoms with Crippen molar-refractivity contribution in [3.05, 3.63) is 90.1 Å². The predicted octanol–water partition coefficient (Wildman–Crippen LogP) is 3.63. The summed E-state index contributed by atoms with van der Waals surface area (Å²) in [6.07, 6.45) is 1.45. The second-order valence-corrected chi connectivity index (χ2v) is 6.25. The van der Waals surface area contributed by atoms with Crippen LogP contribution in [0.4, 0.5) is 0 Å². The minimum absolute atomic E-state index is 0.377. The van der Waals surface area contributed by atoms with Crippen LogP contribution in [0.1, 0.15) is 5.56 Å². The molecule has 132 valence electrons. The lowest BCUT2D eigenvalue weighted by Crippen LogP contribution is -2.30. The van der Waals surface area contributed by atoms with Crippen molar-refractivity contribution in [1.82, 2.24) is 14.8 Å². The van der Waals surface area contributed by atoms with Gasteiger partial charge in [-0.05, 0) is 35.9 Å². The van der Waals surface area contributed by atoms with E-state index in [0.29, 0.717) is 27.2 Å². The lowest BCUT2D eigenvalue weighted by Gasteiger charge is -2.03. The van der Waals surface area contributed by atoms with Crippen LogP contribution >= 0.6 is 34.8 Å². The maximum absolute atomic E-state index is 11.4. The Balaban J connectivity index is 0.000000209. The Bertz CT molecular complexity index is 1030. The van der Waals surface area contributed by atoms with E-state index in [0.717, 1.165) is 16.4 Å². The van der Waals surface area contributed by atoms with Gasteiger partial charge < -0.3 is 0 Å². The third kappa shape index (κ3) is 5.74. The van der Waals surface area contributed by atoms with Gasteiger partial charge in [-0.1, -0.05) is 46.9 Å². The van der Waals surface area contributed by atoms with E-state index in [1.807, 2.05) is 12.1 Å². The topological polar surface area (TPSA) is 91.5 Å². The van der Waals surface area contributed by atoms with Gasteiger partial charge in [0.25, 0.3) is 5.56 Å². The average molecular weight is 410 g/mol. The molecular weight excluding hydrogens is 399 g/mol. The third-order valence-electron chi connectivity index (χ3n) is 3.00. The summed E-state index contributed by atoms with van der Waals surface area (Å²) in [5.41, 5.74) is 0.186. The monoisotopic (exact) mass is 408 g/mol. The van der Waals surface area contributed by atoms with E-state index >= 15 is 0 Å². The summed E-state index contributed by atoms with van der Waals surface area (Å²) in [6.45, 7) is 0. The van der Waals surface area contributed by atoms with E-state index in [4.69, 9.17) is 40.1 Å². The number of nitriles is 1. The van der Waals surface area contributed by atoms with Gasteiger partial charge in [0.2, 0.25) is 0 Å². The number of H-pyrrole nitrogens is 1. The maximum atomic E-state index is 11.4. The summed E-state index contributed by atoms with van der Waals surface area (Å²) >= 11 is 17.2. The Morgan fingerprint density at radius 2 is 1.62 bits per heavy atom. The average Bonchev–Trinajstić information content (AvgIpc) is 2.57. The molecule has 0 aliphatic heterocycles. The molecule has 0 unspecified atom stereocenters. The molecule has 0 saturated carbocycles. The van der Waals surface area contributed by atoms with Gasteiger partial charge in [0.1, 0.15) is 6.20 Å². The van der Waals surface area contributed by atoms with E-state index in [2.05, 4.69) is 16.2 Å². The summed E-state index contributed by atoms with van der Waals surface area (Å²) in [5, 5.41) is 13.4.